The molecule has 0 radical (unpaired) electrons. The van der Waals surface area contributed by atoms with Crippen LogP contribution in [0.15, 0.2) is 30.5 Å². The number of amides is 1. The van der Waals surface area contributed by atoms with Crippen molar-refractivity contribution in [3.8, 4) is 0 Å². The van der Waals surface area contributed by atoms with Gasteiger partial charge >= 0.3 is 0 Å². The van der Waals surface area contributed by atoms with Gasteiger partial charge in [-0.3, -0.25) is 9.69 Å². The molecule has 2 aliphatic heterocycles. The number of piperidine rings is 1. The highest BCUT2D eigenvalue weighted by molar-refractivity contribution is 5.79. The lowest BCUT2D eigenvalue weighted by Crippen LogP contribution is -2.38. The molecule has 0 spiro atoms. The van der Waals surface area contributed by atoms with Crippen LogP contribution < -0.4 is 0 Å². The van der Waals surface area contributed by atoms with Gasteiger partial charge in [-0.1, -0.05) is 18.6 Å². The van der Waals surface area contributed by atoms with Crippen LogP contribution in [0.2, 0.25) is 0 Å². The molecule has 1 fully saturated rings. The fraction of sp³-hybridized carbons (Fsp3) is 0.476. The maximum absolute atomic E-state index is 13.0. The Kier molecular flexibility index (Phi) is 5.16. The molecule has 0 bridgehead atoms. The Morgan fingerprint density at radius 1 is 1.22 bits per heavy atom. The van der Waals surface area contributed by atoms with E-state index >= 15 is 0 Å². The summed E-state index contributed by atoms with van der Waals surface area (Å²) in [6.45, 7) is 2.32. The maximum Gasteiger partial charge on any atom is 0.227 e. The van der Waals surface area contributed by atoms with Crippen LogP contribution in [-0.4, -0.2) is 45.8 Å². The standard InChI is InChI=1S/C21H25FN4O/c1-25-10-3-2-4-19(25)21-23-13-16-14-26(11-9-18(16)24-21)20(27)12-15-5-7-17(22)8-6-15/h5-8,13,19H,2-4,9-12,14H2,1H3/t19-/m1/s1. The van der Waals surface area contributed by atoms with Crippen LogP contribution in [0, 0.1) is 5.82 Å². The normalized spacial score (nSPS) is 20.4. The fourth-order valence-corrected chi connectivity index (χ4v) is 4.00. The smallest absolute Gasteiger partial charge is 0.227 e. The van der Waals surface area contributed by atoms with Gasteiger partial charge < -0.3 is 4.90 Å². The molecular formula is C21H25FN4O. The van der Waals surface area contributed by atoms with E-state index in [4.69, 9.17) is 4.98 Å². The summed E-state index contributed by atoms with van der Waals surface area (Å²) in [5, 5.41) is 0. The molecule has 1 aromatic carbocycles. The molecular weight excluding hydrogens is 343 g/mol. The molecule has 0 unspecified atom stereocenters. The van der Waals surface area contributed by atoms with E-state index in [9.17, 15) is 9.18 Å². The Labute approximate surface area is 159 Å². The van der Waals surface area contributed by atoms with Gasteiger partial charge in [-0.2, -0.15) is 0 Å². The highest BCUT2D eigenvalue weighted by Crippen LogP contribution is 2.28. The maximum atomic E-state index is 13.0. The number of carbonyl (C=O) groups is 1. The molecule has 2 aromatic rings. The van der Waals surface area contributed by atoms with Crippen molar-refractivity contribution in [3.05, 3.63) is 58.9 Å². The summed E-state index contributed by atoms with van der Waals surface area (Å²) in [6.07, 6.45) is 6.52. The Hall–Kier alpha value is -2.34. The Morgan fingerprint density at radius 2 is 2.04 bits per heavy atom. The minimum absolute atomic E-state index is 0.0587. The molecule has 3 heterocycles. The number of carbonyl (C=O) groups excluding carboxylic acids is 1. The lowest BCUT2D eigenvalue weighted by Gasteiger charge is -2.33. The summed E-state index contributed by atoms with van der Waals surface area (Å²) in [6, 6.07) is 6.43. The highest BCUT2D eigenvalue weighted by atomic mass is 19.1. The van der Waals surface area contributed by atoms with Crippen molar-refractivity contribution in [3.63, 3.8) is 0 Å². The van der Waals surface area contributed by atoms with E-state index in [2.05, 4.69) is 16.9 Å². The molecule has 5 nitrogen and oxygen atoms in total. The van der Waals surface area contributed by atoms with E-state index in [1.807, 2.05) is 11.1 Å². The Balaban J connectivity index is 1.43. The summed E-state index contributed by atoms with van der Waals surface area (Å²) < 4.78 is 13.0. The van der Waals surface area contributed by atoms with Gasteiger partial charge in [0.25, 0.3) is 0 Å². The van der Waals surface area contributed by atoms with Crippen LogP contribution in [0.3, 0.4) is 0 Å². The zero-order chi connectivity index (χ0) is 18.8. The first kappa shape index (κ1) is 18.0. The van der Waals surface area contributed by atoms with Crippen molar-refractivity contribution in [2.45, 2.75) is 44.7 Å². The highest BCUT2D eigenvalue weighted by Gasteiger charge is 2.26. The molecule has 6 heteroatoms. The van der Waals surface area contributed by atoms with Crippen molar-refractivity contribution >= 4 is 5.91 Å². The van der Waals surface area contributed by atoms with E-state index in [0.717, 1.165) is 42.0 Å². The quantitative estimate of drug-likeness (QED) is 0.836. The van der Waals surface area contributed by atoms with Gasteiger partial charge in [0, 0.05) is 31.3 Å². The average molecular weight is 368 g/mol. The number of hydrogen-bond donors (Lipinski definition) is 0. The molecule has 1 atom stereocenters. The lowest BCUT2D eigenvalue weighted by atomic mass is 10.0. The molecule has 2 aliphatic rings. The first-order valence-electron chi connectivity index (χ1n) is 9.67. The van der Waals surface area contributed by atoms with Crippen LogP contribution in [0.1, 0.15) is 47.9 Å². The fourth-order valence-electron chi connectivity index (χ4n) is 4.00. The number of halogens is 1. The number of benzene rings is 1. The number of fused-ring (bicyclic) bond motifs is 1. The minimum Gasteiger partial charge on any atom is -0.338 e. The molecule has 142 valence electrons. The van der Waals surface area contributed by atoms with Crippen LogP contribution in [0.4, 0.5) is 4.39 Å². The molecule has 0 aliphatic carbocycles. The number of nitrogens with zero attached hydrogens (tertiary/aromatic N) is 4. The van der Waals surface area contributed by atoms with Gasteiger partial charge in [0.2, 0.25) is 5.91 Å². The third-order valence-electron chi connectivity index (χ3n) is 5.64. The predicted molar refractivity (Wildman–Crippen MR) is 100 cm³/mol. The van der Waals surface area contributed by atoms with Crippen molar-refractivity contribution in [2.24, 2.45) is 0 Å². The zero-order valence-corrected chi connectivity index (χ0v) is 15.7. The van der Waals surface area contributed by atoms with Crippen LogP contribution in [-0.2, 0) is 24.2 Å². The minimum atomic E-state index is -0.283. The van der Waals surface area contributed by atoms with Crippen molar-refractivity contribution in [2.75, 3.05) is 20.1 Å². The van der Waals surface area contributed by atoms with Gasteiger partial charge in [-0.25, -0.2) is 14.4 Å². The summed E-state index contributed by atoms with van der Waals surface area (Å²) in [7, 11) is 2.14. The van der Waals surface area contributed by atoms with Crippen LogP contribution in [0.25, 0.3) is 0 Å². The summed E-state index contributed by atoms with van der Waals surface area (Å²) in [5.74, 6) is 0.694. The number of hydrogen-bond acceptors (Lipinski definition) is 4. The van der Waals surface area contributed by atoms with E-state index in [1.54, 1.807) is 12.1 Å². The van der Waals surface area contributed by atoms with Crippen LogP contribution >= 0.6 is 0 Å². The predicted octanol–water partition coefficient (Wildman–Crippen LogP) is 2.90. The van der Waals surface area contributed by atoms with E-state index in [1.165, 1.54) is 25.0 Å². The molecule has 4 rings (SSSR count). The molecule has 27 heavy (non-hydrogen) atoms. The van der Waals surface area contributed by atoms with Crippen molar-refractivity contribution < 1.29 is 9.18 Å². The van der Waals surface area contributed by atoms with Gasteiger partial charge in [0.05, 0.1) is 18.2 Å². The second kappa shape index (κ2) is 7.72. The largest absolute Gasteiger partial charge is 0.338 e. The van der Waals surface area contributed by atoms with Gasteiger partial charge in [0.15, 0.2) is 0 Å². The zero-order valence-electron chi connectivity index (χ0n) is 15.7. The first-order valence-corrected chi connectivity index (χ1v) is 9.67. The Morgan fingerprint density at radius 3 is 2.81 bits per heavy atom. The van der Waals surface area contributed by atoms with Gasteiger partial charge in [-0.05, 0) is 44.1 Å². The molecule has 1 amide bonds. The molecule has 1 saturated heterocycles. The van der Waals surface area contributed by atoms with E-state index < -0.39 is 0 Å². The summed E-state index contributed by atoms with van der Waals surface area (Å²) >= 11 is 0. The van der Waals surface area contributed by atoms with Crippen molar-refractivity contribution in [1.82, 2.24) is 19.8 Å². The number of rotatable bonds is 3. The first-order chi connectivity index (χ1) is 13.1. The third kappa shape index (κ3) is 4.00. The Bertz CT molecular complexity index is 823. The van der Waals surface area contributed by atoms with E-state index in [-0.39, 0.29) is 11.7 Å². The van der Waals surface area contributed by atoms with Crippen LogP contribution in [0.5, 0.6) is 0 Å². The number of aromatic nitrogens is 2. The SMILES string of the molecule is CN1CCCC[C@@H]1c1ncc2c(n1)CCN(C(=O)Cc1ccc(F)cc1)C2. The molecule has 1 aromatic heterocycles. The summed E-state index contributed by atoms with van der Waals surface area (Å²) in [5.41, 5.74) is 2.94. The average Bonchev–Trinajstić information content (AvgIpc) is 2.69. The monoisotopic (exact) mass is 368 g/mol. The third-order valence-corrected chi connectivity index (χ3v) is 5.64. The topological polar surface area (TPSA) is 49.3 Å². The van der Waals surface area contributed by atoms with E-state index in [0.29, 0.717) is 25.6 Å². The molecule has 0 saturated carbocycles. The van der Waals surface area contributed by atoms with Gasteiger partial charge in [0.1, 0.15) is 11.6 Å². The van der Waals surface area contributed by atoms with Gasteiger partial charge in [-0.15, -0.1) is 0 Å². The number of likely N-dealkylation sites (tertiary alicyclic amines) is 1. The second-order valence-electron chi connectivity index (χ2n) is 7.56. The van der Waals surface area contributed by atoms with Crippen molar-refractivity contribution in [1.29, 1.82) is 0 Å². The summed E-state index contributed by atoms with van der Waals surface area (Å²) in [4.78, 5) is 26.3. The lowest BCUT2D eigenvalue weighted by molar-refractivity contribution is -0.131. The second-order valence-corrected chi connectivity index (χ2v) is 7.56. The molecule has 0 N–H and O–H groups in total.